The van der Waals surface area contributed by atoms with Crippen LogP contribution in [0.15, 0.2) is 35.5 Å². The number of nitrogens with one attached hydrogen (secondary N) is 1. The Balaban J connectivity index is 2.23. The Morgan fingerprint density at radius 1 is 1.35 bits per heavy atom. The Morgan fingerprint density at radius 3 is 2.65 bits per heavy atom. The molecule has 1 aromatic carbocycles. The number of aromatic amines is 1. The molecule has 0 aliphatic rings. The van der Waals surface area contributed by atoms with Crippen molar-refractivity contribution in [1.29, 1.82) is 0 Å². The number of sulfonamides is 1. The van der Waals surface area contributed by atoms with Gasteiger partial charge in [-0.2, -0.15) is 4.31 Å². The molecule has 5 nitrogen and oxygen atoms in total. The van der Waals surface area contributed by atoms with Crippen molar-refractivity contribution in [2.75, 3.05) is 7.05 Å². The lowest BCUT2D eigenvalue weighted by Gasteiger charge is -2.16. The standard InChI is InChI=1S/C13H16ClN3O2S/c1-3-12-15-8-13(16-12)20(18,19)17(2)9-10-6-4-5-7-11(10)14/h4-8H,3,9H2,1-2H3,(H,15,16). The van der Waals surface area contributed by atoms with Crippen LogP contribution in [0.3, 0.4) is 0 Å². The molecule has 2 aromatic rings. The molecule has 0 amide bonds. The molecule has 1 N–H and O–H groups in total. The highest BCUT2D eigenvalue weighted by atomic mass is 35.5. The second-order valence-corrected chi connectivity index (χ2v) is 6.82. The summed E-state index contributed by atoms with van der Waals surface area (Å²) in [5.41, 5.74) is 0.760. The molecule has 2 rings (SSSR count). The van der Waals surface area contributed by atoms with Crippen LogP contribution < -0.4 is 0 Å². The predicted octanol–water partition coefficient (Wildman–Crippen LogP) is 2.45. The van der Waals surface area contributed by atoms with Crippen LogP contribution in [0.1, 0.15) is 18.3 Å². The number of benzene rings is 1. The number of halogens is 1. The summed E-state index contributed by atoms with van der Waals surface area (Å²) in [6.45, 7) is 2.12. The number of nitrogens with zero attached hydrogens (tertiary/aromatic N) is 2. The summed E-state index contributed by atoms with van der Waals surface area (Å²) in [5.74, 6) is 0.648. The van der Waals surface area contributed by atoms with E-state index in [2.05, 4.69) is 9.97 Å². The van der Waals surface area contributed by atoms with E-state index in [4.69, 9.17) is 11.6 Å². The molecule has 0 radical (unpaired) electrons. The molecule has 20 heavy (non-hydrogen) atoms. The maximum Gasteiger partial charge on any atom is 0.260 e. The van der Waals surface area contributed by atoms with E-state index in [1.54, 1.807) is 12.1 Å². The fourth-order valence-electron chi connectivity index (χ4n) is 1.77. The number of H-pyrrole nitrogens is 1. The minimum atomic E-state index is -3.59. The Hall–Kier alpha value is -1.37. The third-order valence-electron chi connectivity index (χ3n) is 2.98. The molecule has 0 unspecified atom stereocenters. The average molecular weight is 314 g/mol. The number of hydrogen-bond donors (Lipinski definition) is 1. The predicted molar refractivity (Wildman–Crippen MR) is 78.1 cm³/mol. The zero-order chi connectivity index (χ0) is 14.8. The van der Waals surface area contributed by atoms with Crippen molar-refractivity contribution in [3.05, 3.63) is 46.9 Å². The third kappa shape index (κ3) is 3.03. The highest BCUT2D eigenvalue weighted by molar-refractivity contribution is 7.89. The highest BCUT2D eigenvalue weighted by Crippen LogP contribution is 2.20. The molecule has 7 heteroatoms. The average Bonchev–Trinajstić information content (AvgIpc) is 2.90. The molecule has 0 spiro atoms. The van der Waals surface area contributed by atoms with Crippen molar-refractivity contribution >= 4 is 21.6 Å². The lowest BCUT2D eigenvalue weighted by Crippen LogP contribution is -2.27. The van der Waals surface area contributed by atoms with Crippen molar-refractivity contribution in [2.45, 2.75) is 24.9 Å². The molecular formula is C13H16ClN3O2S. The van der Waals surface area contributed by atoms with Gasteiger partial charge in [0.25, 0.3) is 10.0 Å². The smallest absolute Gasteiger partial charge is 0.260 e. The molecule has 0 aliphatic carbocycles. The van der Waals surface area contributed by atoms with Gasteiger partial charge in [-0.15, -0.1) is 0 Å². The second kappa shape index (κ2) is 5.95. The SMILES string of the molecule is CCc1ncc(S(=O)(=O)N(C)Cc2ccccc2Cl)[nH]1. The van der Waals surface area contributed by atoms with Gasteiger partial charge >= 0.3 is 0 Å². The quantitative estimate of drug-likeness (QED) is 0.922. The molecule has 0 bridgehead atoms. The van der Waals surface area contributed by atoms with E-state index in [0.29, 0.717) is 17.3 Å². The largest absolute Gasteiger partial charge is 0.332 e. The normalized spacial score (nSPS) is 12.0. The van der Waals surface area contributed by atoms with E-state index in [0.717, 1.165) is 5.56 Å². The van der Waals surface area contributed by atoms with Crippen LogP contribution in [0.4, 0.5) is 0 Å². The Labute approximate surface area is 123 Å². The van der Waals surface area contributed by atoms with Crippen molar-refractivity contribution < 1.29 is 8.42 Å². The topological polar surface area (TPSA) is 66.1 Å². The van der Waals surface area contributed by atoms with Gasteiger partial charge in [0, 0.05) is 25.0 Å². The summed E-state index contributed by atoms with van der Waals surface area (Å²) in [7, 11) is -2.07. The monoisotopic (exact) mass is 313 g/mol. The minimum absolute atomic E-state index is 0.101. The van der Waals surface area contributed by atoms with E-state index in [1.807, 2.05) is 19.1 Å². The fraction of sp³-hybridized carbons (Fsp3) is 0.308. The number of imidazole rings is 1. The molecule has 0 atom stereocenters. The number of rotatable bonds is 5. The molecule has 108 valence electrons. The first-order valence-corrected chi connectivity index (χ1v) is 8.00. The fourth-order valence-corrected chi connectivity index (χ4v) is 3.05. The van der Waals surface area contributed by atoms with Crippen molar-refractivity contribution in [1.82, 2.24) is 14.3 Å². The van der Waals surface area contributed by atoms with Gasteiger partial charge in [0.1, 0.15) is 5.82 Å². The van der Waals surface area contributed by atoms with E-state index >= 15 is 0 Å². The maximum atomic E-state index is 12.4. The number of aromatic nitrogens is 2. The van der Waals surface area contributed by atoms with Gasteiger partial charge in [0.05, 0.1) is 6.20 Å². The van der Waals surface area contributed by atoms with Crippen LogP contribution in [-0.4, -0.2) is 29.7 Å². The highest BCUT2D eigenvalue weighted by Gasteiger charge is 2.23. The first kappa shape index (κ1) is 15.0. The summed E-state index contributed by atoms with van der Waals surface area (Å²) in [6, 6.07) is 7.18. The summed E-state index contributed by atoms with van der Waals surface area (Å²) in [5, 5.41) is 0.650. The van der Waals surface area contributed by atoms with Gasteiger partial charge in [-0.3, -0.25) is 0 Å². The molecule has 1 aromatic heterocycles. The number of aryl methyl sites for hydroxylation is 1. The summed E-state index contributed by atoms with van der Waals surface area (Å²) >= 11 is 6.05. The zero-order valence-corrected chi connectivity index (χ0v) is 12.9. The molecular weight excluding hydrogens is 298 g/mol. The van der Waals surface area contributed by atoms with Crippen LogP contribution >= 0.6 is 11.6 Å². The van der Waals surface area contributed by atoms with Crippen molar-refractivity contribution in [3.8, 4) is 0 Å². The van der Waals surface area contributed by atoms with E-state index in [-0.39, 0.29) is 11.6 Å². The van der Waals surface area contributed by atoms with E-state index < -0.39 is 10.0 Å². The molecule has 1 heterocycles. The lowest BCUT2D eigenvalue weighted by molar-refractivity contribution is 0.464. The van der Waals surface area contributed by atoms with Crippen LogP contribution in [0.5, 0.6) is 0 Å². The van der Waals surface area contributed by atoms with Crippen LogP contribution in [0, 0.1) is 0 Å². The number of hydrogen-bond acceptors (Lipinski definition) is 3. The first-order valence-electron chi connectivity index (χ1n) is 6.18. The third-order valence-corrected chi connectivity index (χ3v) is 5.06. The van der Waals surface area contributed by atoms with Gasteiger partial charge in [-0.1, -0.05) is 36.7 Å². The second-order valence-electron chi connectivity index (χ2n) is 4.40. The molecule has 0 fully saturated rings. The van der Waals surface area contributed by atoms with Gasteiger partial charge < -0.3 is 4.98 Å². The summed E-state index contributed by atoms with van der Waals surface area (Å²) in [4.78, 5) is 6.83. The minimum Gasteiger partial charge on any atom is -0.332 e. The van der Waals surface area contributed by atoms with Crippen LogP contribution in [0.25, 0.3) is 0 Å². The van der Waals surface area contributed by atoms with Gasteiger partial charge in [0.15, 0.2) is 5.03 Å². The van der Waals surface area contributed by atoms with Gasteiger partial charge in [0.2, 0.25) is 0 Å². The van der Waals surface area contributed by atoms with Crippen LogP contribution in [-0.2, 0) is 23.0 Å². The van der Waals surface area contributed by atoms with Crippen molar-refractivity contribution in [3.63, 3.8) is 0 Å². The van der Waals surface area contributed by atoms with E-state index in [1.165, 1.54) is 17.5 Å². The first-order chi connectivity index (χ1) is 9.45. The molecule has 0 saturated heterocycles. The summed E-state index contributed by atoms with van der Waals surface area (Å²) in [6.07, 6.45) is 2.00. The Bertz CT molecular complexity index is 697. The Kier molecular flexibility index (Phi) is 4.47. The van der Waals surface area contributed by atoms with Crippen molar-refractivity contribution in [2.24, 2.45) is 0 Å². The van der Waals surface area contributed by atoms with Gasteiger partial charge in [-0.05, 0) is 11.6 Å². The summed E-state index contributed by atoms with van der Waals surface area (Å²) < 4.78 is 26.0. The van der Waals surface area contributed by atoms with E-state index in [9.17, 15) is 8.42 Å². The van der Waals surface area contributed by atoms with Crippen LogP contribution in [0.2, 0.25) is 5.02 Å². The van der Waals surface area contributed by atoms with Gasteiger partial charge in [-0.25, -0.2) is 13.4 Å². The molecule has 0 aliphatic heterocycles. The Morgan fingerprint density at radius 2 is 2.05 bits per heavy atom. The maximum absolute atomic E-state index is 12.4. The zero-order valence-electron chi connectivity index (χ0n) is 11.3. The lowest BCUT2D eigenvalue weighted by atomic mass is 10.2. The molecule has 0 saturated carbocycles.